The maximum absolute atomic E-state index is 12.0. The van der Waals surface area contributed by atoms with Gasteiger partial charge < -0.3 is 9.32 Å². The van der Waals surface area contributed by atoms with Gasteiger partial charge in [-0.05, 0) is 36.0 Å². The summed E-state index contributed by atoms with van der Waals surface area (Å²) < 4.78 is 5.68. The van der Waals surface area contributed by atoms with Gasteiger partial charge in [-0.3, -0.25) is 4.79 Å². The van der Waals surface area contributed by atoms with Gasteiger partial charge in [-0.15, -0.1) is 10.2 Å². The Morgan fingerprint density at radius 2 is 1.83 bits per heavy atom. The summed E-state index contributed by atoms with van der Waals surface area (Å²) in [5.74, 6) is 0.989. The average molecular weight is 345 g/mol. The molecule has 1 amide bonds. The molecule has 2 heterocycles. The minimum absolute atomic E-state index is 0.115. The quantitative estimate of drug-likeness (QED) is 0.790. The number of rotatable bonds is 4. The summed E-state index contributed by atoms with van der Waals surface area (Å²) >= 11 is 1.31. The lowest BCUT2D eigenvalue weighted by Gasteiger charge is -2.18. The molecule has 3 rings (SSSR count). The van der Waals surface area contributed by atoms with Crippen molar-refractivity contribution in [1.29, 1.82) is 0 Å². The molecule has 0 spiro atoms. The normalized spacial score (nSPS) is 15.0. The number of amides is 1. The third kappa shape index (κ3) is 3.98. The molecule has 1 aromatic carbocycles. The van der Waals surface area contributed by atoms with Gasteiger partial charge in [-0.1, -0.05) is 44.7 Å². The van der Waals surface area contributed by atoms with Crippen molar-refractivity contribution in [2.24, 2.45) is 0 Å². The van der Waals surface area contributed by atoms with E-state index in [1.165, 1.54) is 17.3 Å². The Bertz CT molecular complexity index is 698. The standard InChI is InChI=1S/C18H23N3O2S/c1-18(2,3)14-8-6-13(7-9-14)16-19-20-17(23-16)24-12-15(22)21-10-4-5-11-21/h6-9H,4-5,10-12H2,1-3H3. The van der Waals surface area contributed by atoms with Gasteiger partial charge in [0.1, 0.15) is 0 Å². The van der Waals surface area contributed by atoms with E-state index in [-0.39, 0.29) is 11.3 Å². The van der Waals surface area contributed by atoms with E-state index >= 15 is 0 Å². The van der Waals surface area contributed by atoms with E-state index in [0.29, 0.717) is 16.9 Å². The van der Waals surface area contributed by atoms with E-state index in [4.69, 9.17) is 4.42 Å². The molecule has 0 bridgehead atoms. The lowest BCUT2D eigenvalue weighted by molar-refractivity contribution is -0.127. The first kappa shape index (κ1) is 17.0. The molecule has 0 aliphatic carbocycles. The van der Waals surface area contributed by atoms with Gasteiger partial charge >= 0.3 is 0 Å². The number of hydrogen-bond donors (Lipinski definition) is 0. The predicted molar refractivity (Wildman–Crippen MR) is 95.0 cm³/mol. The maximum atomic E-state index is 12.0. The minimum atomic E-state index is 0.115. The van der Waals surface area contributed by atoms with Crippen LogP contribution in [0.4, 0.5) is 0 Å². The fourth-order valence-electron chi connectivity index (χ4n) is 2.68. The highest BCUT2D eigenvalue weighted by molar-refractivity contribution is 7.99. The molecule has 1 saturated heterocycles. The average Bonchev–Trinajstić information content (AvgIpc) is 3.23. The van der Waals surface area contributed by atoms with Crippen LogP contribution in [0.2, 0.25) is 0 Å². The molecule has 1 aromatic heterocycles. The van der Waals surface area contributed by atoms with Gasteiger partial charge in [0.15, 0.2) is 0 Å². The van der Waals surface area contributed by atoms with Crippen molar-refractivity contribution in [2.45, 2.75) is 44.3 Å². The number of thioether (sulfide) groups is 1. The molecule has 0 atom stereocenters. The van der Waals surface area contributed by atoms with Crippen LogP contribution in [-0.4, -0.2) is 39.8 Å². The van der Waals surface area contributed by atoms with Crippen LogP contribution >= 0.6 is 11.8 Å². The van der Waals surface area contributed by atoms with Crippen molar-refractivity contribution in [1.82, 2.24) is 15.1 Å². The van der Waals surface area contributed by atoms with Crippen LogP contribution in [0.3, 0.4) is 0 Å². The molecule has 128 valence electrons. The second-order valence-corrected chi connectivity index (χ2v) is 8.00. The Hall–Kier alpha value is -1.82. The van der Waals surface area contributed by atoms with E-state index in [0.717, 1.165) is 31.5 Å². The van der Waals surface area contributed by atoms with E-state index < -0.39 is 0 Å². The van der Waals surface area contributed by atoms with Crippen LogP contribution in [0.15, 0.2) is 33.9 Å². The van der Waals surface area contributed by atoms with Crippen molar-refractivity contribution in [2.75, 3.05) is 18.8 Å². The molecular formula is C18H23N3O2S. The first-order valence-electron chi connectivity index (χ1n) is 8.28. The van der Waals surface area contributed by atoms with Crippen LogP contribution in [-0.2, 0) is 10.2 Å². The first-order chi connectivity index (χ1) is 11.4. The summed E-state index contributed by atoms with van der Waals surface area (Å²) in [6.45, 7) is 8.28. The van der Waals surface area contributed by atoms with Gasteiger partial charge in [-0.25, -0.2) is 0 Å². The van der Waals surface area contributed by atoms with Gasteiger partial charge in [0.05, 0.1) is 5.75 Å². The fraction of sp³-hybridized carbons (Fsp3) is 0.500. The highest BCUT2D eigenvalue weighted by Crippen LogP contribution is 2.27. The summed E-state index contributed by atoms with van der Waals surface area (Å²) in [7, 11) is 0. The largest absolute Gasteiger partial charge is 0.411 e. The third-order valence-electron chi connectivity index (χ3n) is 4.18. The molecule has 0 N–H and O–H groups in total. The van der Waals surface area contributed by atoms with Crippen molar-refractivity contribution < 1.29 is 9.21 Å². The molecule has 2 aromatic rings. The van der Waals surface area contributed by atoms with Crippen molar-refractivity contribution >= 4 is 17.7 Å². The summed E-state index contributed by atoms with van der Waals surface area (Å²) in [4.78, 5) is 13.9. The topological polar surface area (TPSA) is 59.2 Å². The van der Waals surface area contributed by atoms with Gasteiger partial charge in [0.2, 0.25) is 11.8 Å². The molecular weight excluding hydrogens is 322 g/mol. The Morgan fingerprint density at radius 1 is 1.17 bits per heavy atom. The van der Waals surface area contributed by atoms with Gasteiger partial charge in [0.25, 0.3) is 5.22 Å². The van der Waals surface area contributed by atoms with E-state index in [9.17, 15) is 4.79 Å². The van der Waals surface area contributed by atoms with E-state index in [2.05, 4.69) is 43.1 Å². The van der Waals surface area contributed by atoms with E-state index in [1.54, 1.807) is 0 Å². The van der Waals surface area contributed by atoms with Crippen LogP contribution in [0, 0.1) is 0 Å². The zero-order valence-electron chi connectivity index (χ0n) is 14.4. The van der Waals surface area contributed by atoms with Gasteiger partial charge in [-0.2, -0.15) is 0 Å². The van der Waals surface area contributed by atoms with Crippen LogP contribution in [0.1, 0.15) is 39.2 Å². The predicted octanol–water partition coefficient (Wildman–Crippen LogP) is 3.75. The second-order valence-electron chi connectivity index (χ2n) is 7.08. The van der Waals surface area contributed by atoms with Crippen LogP contribution in [0.5, 0.6) is 0 Å². The van der Waals surface area contributed by atoms with E-state index in [1.807, 2.05) is 17.0 Å². The molecule has 24 heavy (non-hydrogen) atoms. The molecule has 0 unspecified atom stereocenters. The van der Waals surface area contributed by atoms with Crippen molar-refractivity contribution in [3.8, 4) is 11.5 Å². The number of carbonyl (C=O) groups is 1. The first-order valence-corrected chi connectivity index (χ1v) is 9.27. The Balaban J connectivity index is 1.61. The maximum Gasteiger partial charge on any atom is 0.277 e. The molecule has 1 aliphatic heterocycles. The molecule has 1 aliphatic rings. The Labute approximate surface area is 146 Å². The zero-order valence-corrected chi connectivity index (χ0v) is 15.2. The monoisotopic (exact) mass is 345 g/mol. The lowest BCUT2D eigenvalue weighted by Crippen LogP contribution is -2.29. The van der Waals surface area contributed by atoms with Crippen LogP contribution < -0.4 is 0 Å². The third-order valence-corrected chi connectivity index (χ3v) is 4.99. The number of benzene rings is 1. The van der Waals surface area contributed by atoms with Crippen LogP contribution in [0.25, 0.3) is 11.5 Å². The number of aromatic nitrogens is 2. The molecule has 1 fully saturated rings. The molecule has 5 nitrogen and oxygen atoms in total. The fourth-order valence-corrected chi connectivity index (χ4v) is 3.34. The number of nitrogens with zero attached hydrogens (tertiary/aromatic N) is 3. The van der Waals surface area contributed by atoms with Crippen molar-refractivity contribution in [3.63, 3.8) is 0 Å². The highest BCUT2D eigenvalue weighted by Gasteiger charge is 2.19. The molecule has 6 heteroatoms. The smallest absolute Gasteiger partial charge is 0.277 e. The summed E-state index contributed by atoms with van der Waals surface area (Å²) in [5.41, 5.74) is 2.27. The molecule has 0 radical (unpaired) electrons. The minimum Gasteiger partial charge on any atom is -0.411 e. The number of hydrogen-bond acceptors (Lipinski definition) is 5. The SMILES string of the molecule is CC(C)(C)c1ccc(-c2nnc(SCC(=O)N3CCCC3)o2)cc1. The summed E-state index contributed by atoms with van der Waals surface area (Å²) in [6.07, 6.45) is 2.21. The highest BCUT2D eigenvalue weighted by atomic mass is 32.2. The lowest BCUT2D eigenvalue weighted by atomic mass is 9.87. The molecule has 0 saturated carbocycles. The zero-order chi connectivity index (χ0) is 17.2. The summed E-state index contributed by atoms with van der Waals surface area (Å²) in [6, 6.07) is 8.17. The summed E-state index contributed by atoms with van der Waals surface area (Å²) in [5, 5.41) is 8.57. The Kier molecular flexibility index (Phi) is 4.94. The van der Waals surface area contributed by atoms with Gasteiger partial charge in [0, 0.05) is 18.7 Å². The second kappa shape index (κ2) is 6.97. The number of likely N-dealkylation sites (tertiary alicyclic amines) is 1. The number of carbonyl (C=O) groups excluding carboxylic acids is 1. The Morgan fingerprint density at radius 3 is 2.46 bits per heavy atom. The van der Waals surface area contributed by atoms with Crippen molar-refractivity contribution in [3.05, 3.63) is 29.8 Å².